The predicted molar refractivity (Wildman–Crippen MR) is 55.2 cm³/mol. The van der Waals surface area contributed by atoms with Gasteiger partial charge in [0.05, 0.1) is 17.6 Å². The molecule has 0 saturated carbocycles. The summed E-state index contributed by atoms with van der Waals surface area (Å²) in [6, 6.07) is 0. The normalized spacial score (nSPS) is 11.9. The monoisotopic (exact) mass is 218 g/mol. The number of hydrogen-bond donors (Lipinski definition) is 3. The molecule has 0 amide bonds. The van der Waals surface area contributed by atoms with Crippen molar-refractivity contribution in [2.45, 2.75) is 13.8 Å². The minimum Gasteiger partial charge on any atom is -0.394 e. The van der Waals surface area contributed by atoms with Gasteiger partial charge in [0.15, 0.2) is 5.82 Å². The second-order valence-corrected chi connectivity index (χ2v) is 5.24. The molecule has 14 heavy (non-hydrogen) atoms. The maximum absolute atomic E-state index is 11.4. The maximum Gasteiger partial charge on any atom is 0.234 e. The van der Waals surface area contributed by atoms with Gasteiger partial charge in [0.1, 0.15) is 0 Å². The van der Waals surface area contributed by atoms with Gasteiger partial charge in [-0.3, -0.25) is 9.82 Å². The summed E-state index contributed by atoms with van der Waals surface area (Å²) in [6.07, 6.45) is 1.35. The largest absolute Gasteiger partial charge is 0.394 e. The number of nitrogens with zero attached hydrogens (tertiary/aromatic N) is 1. The van der Waals surface area contributed by atoms with Gasteiger partial charge >= 0.3 is 0 Å². The van der Waals surface area contributed by atoms with E-state index in [1.54, 1.807) is 0 Å². The van der Waals surface area contributed by atoms with Gasteiger partial charge in [-0.1, -0.05) is 13.8 Å². The number of aromatic amines is 1. The third kappa shape index (κ3) is 2.91. The number of nitrogens with two attached hydrogens (primary N) is 1. The summed E-state index contributed by atoms with van der Waals surface area (Å²) >= 11 is 0. The van der Waals surface area contributed by atoms with Crippen LogP contribution in [-0.2, 0) is 10.0 Å². The summed E-state index contributed by atoms with van der Waals surface area (Å²) in [5.74, 6) is 0.355. The zero-order valence-electron chi connectivity index (χ0n) is 8.11. The zero-order valence-corrected chi connectivity index (χ0v) is 8.93. The van der Waals surface area contributed by atoms with Crippen molar-refractivity contribution >= 4 is 21.5 Å². The number of H-pyrrole nitrogens is 1. The molecule has 7 heteroatoms. The smallest absolute Gasteiger partial charge is 0.234 e. The first-order valence-corrected chi connectivity index (χ1v) is 5.85. The van der Waals surface area contributed by atoms with E-state index < -0.39 is 10.0 Å². The average Bonchev–Trinajstić information content (AvgIpc) is 2.32. The summed E-state index contributed by atoms with van der Waals surface area (Å²) in [5, 5.41) is 6.08. The van der Waals surface area contributed by atoms with Crippen molar-refractivity contribution in [3.8, 4) is 0 Å². The third-order valence-corrected chi connectivity index (χ3v) is 3.10. The van der Waals surface area contributed by atoms with Crippen molar-refractivity contribution in [1.82, 2.24) is 10.2 Å². The molecule has 0 atom stereocenters. The van der Waals surface area contributed by atoms with Gasteiger partial charge in [-0.15, -0.1) is 0 Å². The van der Waals surface area contributed by atoms with Crippen molar-refractivity contribution in [2.75, 3.05) is 16.2 Å². The molecule has 80 valence electrons. The second kappa shape index (κ2) is 3.87. The van der Waals surface area contributed by atoms with E-state index in [1.807, 2.05) is 13.8 Å². The molecule has 0 spiro atoms. The fourth-order valence-corrected chi connectivity index (χ4v) is 2.45. The Balaban J connectivity index is 2.74. The molecule has 0 aliphatic rings. The van der Waals surface area contributed by atoms with Crippen molar-refractivity contribution in [3.05, 3.63) is 6.20 Å². The molecule has 1 aromatic heterocycles. The van der Waals surface area contributed by atoms with Crippen molar-refractivity contribution < 1.29 is 8.42 Å². The topological polar surface area (TPSA) is 101 Å². The average molecular weight is 218 g/mol. The lowest BCUT2D eigenvalue weighted by Gasteiger charge is -2.08. The molecule has 6 nitrogen and oxygen atoms in total. The van der Waals surface area contributed by atoms with Gasteiger partial charge in [-0.25, -0.2) is 8.42 Å². The number of hydrogen-bond acceptors (Lipinski definition) is 4. The van der Waals surface area contributed by atoms with Crippen LogP contribution < -0.4 is 10.5 Å². The summed E-state index contributed by atoms with van der Waals surface area (Å²) in [6.45, 7) is 3.66. The van der Waals surface area contributed by atoms with Crippen LogP contribution in [0.4, 0.5) is 11.5 Å². The van der Waals surface area contributed by atoms with Gasteiger partial charge in [-0.05, 0) is 5.92 Å². The van der Waals surface area contributed by atoms with E-state index in [2.05, 4.69) is 14.9 Å². The van der Waals surface area contributed by atoms with Gasteiger partial charge < -0.3 is 5.73 Å². The molecule has 0 bridgehead atoms. The zero-order chi connectivity index (χ0) is 10.8. The van der Waals surface area contributed by atoms with E-state index in [1.165, 1.54) is 6.20 Å². The molecule has 0 unspecified atom stereocenters. The molecular formula is C7H14N4O2S. The third-order valence-electron chi connectivity index (χ3n) is 1.48. The fourth-order valence-electron chi connectivity index (χ4n) is 1.01. The summed E-state index contributed by atoms with van der Waals surface area (Å²) in [5.41, 5.74) is 5.75. The Labute approximate surface area is 82.9 Å². The number of nitrogen functional groups attached to an aromatic ring is 1. The molecule has 0 fully saturated rings. The molecule has 0 aliphatic carbocycles. The predicted octanol–water partition coefficient (Wildman–Crippen LogP) is 0.390. The summed E-state index contributed by atoms with van der Waals surface area (Å²) < 4.78 is 25.2. The highest BCUT2D eigenvalue weighted by Crippen LogP contribution is 2.14. The van der Waals surface area contributed by atoms with Gasteiger partial charge in [0.25, 0.3) is 0 Å². The second-order valence-electron chi connectivity index (χ2n) is 3.48. The first-order valence-electron chi connectivity index (χ1n) is 4.20. The Morgan fingerprint density at radius 2 is 2.29 bits per heavy atom. The molecule has 1 heterocycles. The van der Waals surface area contributed by atoms with E-state index in [0.29, 0.717) is 0 Å². The van der Waals surface area contributed by atoms with E-state index in [-0.39, 0.29) is 23.2 Å². The van der Waals surface area contributed by atoms with Crippen LogP contribution in [0, 0.1) is 5.92 Å². The Morgan fingerprint density at radius 3 is 2.71 bits per heavy atom. The van der Waals surface area contributed by atoms with E-state index >= 15 is 0 Å². The van der Waals surface area contributed by atoms with Crippen molar-refractivity contribution in [1.29, 1.82) is 0 Å². The molecule has 4 N–H and O–H groups in total. The first-order chi connectivity index (χ1) is 6.41. The number of rotatable bonds is 4. The lowest BCUT2D eigenvalue weighted by atomic mass is 10.3. The summed E-state index contributed by atoms with van der Waals surface area (Å²) in [4.78, 5) is 0. The van der Waals surface area contributed by atoms with Crippen LogP contribution in [-0.4, -0.2) is 24.4 Å². The highest BCUT2D eigenvalue weighted by molar-refractivity contribution is 7.92. The Hall–Kier alpha value is -1.24. The number of aromatic nitrogens is 2. The van der Waals surface area contributed by atoms with Crippen LogP contribution in [0.1, 0.15) is 13.8 Å². The van der Waals surface area contributed by atoms with Gasteiger partial charge in [0.2, 0.25) is 10.0 Å². The van der Waals surface area contributed by atoms with E-state index in [9.17, 15) is 8.42 Å². The fraction of sp³-hybridized carbons (Fsp3) is 0.571. The Bertz CT molecular complexity index is 396. The molecule has 0 radical (unpaired) electrons. The van der Waals surface area contributed by atoms with Crippen LogP contribution in [0.5, 0.6) is 0 Å². The lowest BCUT2D eigenvalue weighted by molar-refractivity contribution is 0.587. The lowest BCUT2D eigenvalue weighted by Crippen LogP contribution is -2.20. The maximum atomic E-state index is 11.4. The number of sulfonamides is 1. The molecule has 1 rings (SSSR count). The standard InChI is InChI=1S/C7H14N4O2S/c1-5(2)4-14(12,13)11-7-6(8)3-9-10-7/h3,5H,4,8H2,1-2H3,(H2,9,10,11). The van der Waals surface area contributed by atoms with Crippen LogP contribution >= 0.6 is 0 Å². The SMILES string of the molecule is CC(C)CS(=O)(=O)Nc1[nH]ncc1N. The van der Waals surface area contributed by atoms with Crippen LogP contribution in [0.2, 0.25) is 0 Å². The van der Waals surface area contributed by atoms with Crippen LogP contribution in [0.25, 0.3) is 0 Å². The molecule has 0 saturated heterocycles. The summed E-state index contributed by atoms with van der Waals surface area (Å²) in [7, 11) is -3.33. The van der Waals surface area contributed by atoms with Crippen molar-refractivity contribution in [3.63, 3.8) is 0 Å². The highest BCUT2D eigenvalue weighted by Gasteiger charge is 2.14. The van der Waals surface area contributed by atoms with Gasteiger partial charge in [-0.2, -0.15) is 5.10 Å². The molecule has 1 aromatic rings. The minimum atomic E-state index is -3.33. The Kier molecular flexibility index (Phi) is 3.00. The van der Waals surface area contributed by atoms with Gasteiger partial charge in [0, 0.05) is 0 Å². The first kappa shape index (κ1) is 10.8. The molecular weight excluding hydrogens is 204 g/mol. The van der Waals surface area contributed by atoms with Crippen molar-refractivity contribution in [2.24, 2.45) is 5.92 Å². The quantitative estimate of drug-likeness (QED) is 0.680. The Morgan fingerprint density at radius 1 is 1.64 bits per heavy atom. The molecule has 0 aliphatic heterocycles. The number of nitrogens with one attached hydrogen (secondary N) is 2. The van der Waals surface area contributed by atoms with Crippen LogP contribution in [0.3, 0.4) is 0 Å². The molecule has 0 aromatic carbocycles. The van der Waals surface area contributed by atoms with E-state index in [0.717, 1.165) is 0 Å². The van der Waals surface area contributed by atoms with E-state index in [4.69, 9.17) is 5.73 Å². The number of anilines is 2. The highest BCUT2D eigenvalue weighted by atomic mass is 32.2. The van der Waals surface area contributed by atoms with Crippen LogP contribution in [0.15, 0.2) is 6.20 Å². The minimum absolute atomic E-state index is 0.0610.